The fourth-order valence-electron chi connectivity index (χ4n) is 3.11. The number of methoxy groups -OCH3 is 1. The van der Waals surface area contributed by atoms with Crippen LogP contribution in [0.3, 0.4) is 0 Å². The van der Waals surface area contributed by atoms with Gasteiger partial charge >= 0.3 is 0 Å². The Balaban J connectivity index is 1.86. The Bertz CT molecular complexity index is 413. The van der Waals surface area contributed by atoms with E-state index in [0.717, 1.165) is 30.8 Å². The fourth-order valence-corrected chi connectivity index (χ4v) is 3.11. The van der Waals surface area contributed by atoms with Crippen LogP contribution in [0.2, 0.25) is 0 Å². The molecule has 3 heteroatoms. The summed E-state index contributed by atoms with van der Waals surface area (Å²) in [7, 11) is 1.67. The van der Waals surface area contributed by atoms with E-state index in [1.165, 1.54) is 18.4 Å². The Morgan fingerprint density at radius 1 is 1.29 bits per heavy atom. The summed E-state index contributed by atoms with van der Waals surface area (Å²) < 4.78 is 5.22. The molecule has 2 aliphatic rings. The second kappa shape index (κ2) is 4.31. The molecule has 1 aliphatic carbocycles. The van der Waals surface area contributed by atoms with Crippen LogP contribution < -0.4 is 4.74 Å². The highest BCUT2D eigenvalue weighted by atomic mass is 16.5. The number of fused-ring (bicyclic) bond motifs is 1. The molecule has 3 rings (SSSR count). The largest absolute Gasteiger partial charge is 0.497 e. The number of aliphatic hydroxyl groups excluding tert-OH is 1. The van der Waals surface area contributed by atoms with Gasteiger partial charge in [0.2, 0.25) is 0 Å². The Kier molecular flexibility index (Phi) is 2.81. The van der Waals surface area contributed by atoms with Gasteiger partial charge in [0.15, 0.2) is 0 Å². The van der Waals surface area contributed by atoms with E-state index in [0.29, 0.717) is 0 Å². The highest BCUT2D eigenvalue weighted by Gasteiger charge is 2.36. The number of rotatable bonds is 2. The van der Waals surface area contributed by atoms with Crippen LogP contribution in [0.25, 0.3) is 0 Å². The highest BCUT2D eigenvalue weighted by molar-refractivity contribution is 5.41. The lowest BCUT2D eigenvalue weighted by Crippen LogP contribution is -2.35. The van der Waals surface area contributed by atoms with Gasteiger partial charge in [-0.25, -0.2) is 0 Å². The standard InChI is InChI=1S/C14H19NO2/c1-17-11-5-4-10-8-13(14(16)12(10)9-11)15-6-2-3-7-15/h4-5,9,13-14,16H,2-3,6-8H2,1H3. The molecule has 1 aromatic carbocycles. The molecular weight excluding hydrogens is 214 g/mol. The van der Waals surface area contributed by atoms with Crippen LogP contribution in [-0.4, -0.2) is 36.2 Å². The predicted octanol–water partition coefficient (Wildman–Crippen LogP) is 1.75. The molecule has 2 atom stereocenters. The predicted molar refractivity (Wildman–Crippen MR) is 66.3 cm³/mol. The quantitative estimate of drug-likeness (QED) is 0.844. The van der Waals surface area contributed by atoms with Gasteiger partial charge in [-0.05, 0) is 55.6 Å². The Morgan fingerprint density at radius 3 is 2.76 bits per heavy atom. The highest BCUT2D eigenvalue weighted by Crippen LogP contribution is 2.37. The molecule has 92 valence electrons. The third-order valence-corrected chi connectivity index (χ3v) is 4.07. The van der Waals surface area contributed by atoms with Crippen molar-refractivity contribution in [2.24, 2.45) is 0 Å². The summed E-state index contributed by atoms with van der Waals surface area (Å²) in [6, 6.07) is 6.33. The summed E-state index contributed by atoms with van der Waals surface area (Å²) >= 11 is 0. The zero-order chi connectivity index (χ0) is 11.8. The minimum Gasteiger partial charge on any atom is -0.497 e. The minimum absolute atomic E-state index is 0.277. The van der Waals surface area contributed by atoms with E-state index in [2.05, 4.69) is 11.0 Å². The SMILES string of the molecule is COc1ccc2c(c1)C(O)C(N1CCCC1)C2. The summed E-state index contributed by atoms with van der Waals surface area (Å²) in [5.41, 5.74) is 2.33. The molecule has 1 N–H and O–H groups in total. The van der Waals surface area contributed by atoms with Crippen molar-refractivity contribution >= 4 is 0 Å². The summed E-state index contributed by atoms with van der Waals surface area (Å²) in [5.74, 6) is 0.838. The van der Waals surface area contributed by atoms with Gasteiger partial charge in [-0.1, -0.05) is 6.07 Å². The van der Waals surface area contributed by atoms with E-state index in [-0.39, 0.29) is 12.1 Å². The van der Waals surface area contributed by atoms with Gasteiger partial charge in [-0.15, -0.1) is 0 Å². The van der Waals surface area contributed by atoms with Gasteiger partial charge in [0, 0.05) is 6.04 Å². The molecule has 0 aromatic heterocycles. The third kappa shape index (κ3) is 1.83. The molecule has 0 amide bonds. The molecule has 1 aromatic rings. The van der Waals surface area contributed by atoms with Gasteiger partial charge in [0.05, 0.1) is 13.2 Å². The monoisotopic (exact) mass is 233 g/mol. The molecule has 1 saturated heterocycles. The van der Waals surface area contributed by atoms with Crippen molar-refractivity contribution in [1.82, 2.24) is 4.90 Å². The molecular formula is C14H19NO2. The molecule has 0 saturated carbocycles. The molecule has 1 aliphatic heterocycles. The number of benzene rings is 1. The van der Waals surface area contributed by atoms with Crippen molar-refractivity contribution in [2.75, 3.05) is 20.2 Å². The maximum atomic E-state index is 10.4. The number of hydrogen-bond donors (Lipinski definition) is 1. The first-order valence-electron chi connectivity index (χ1n) is 6.38. The zero-order valence-corrected chi connectivity index (χ0v) is 10.2. The number of aliphatic hydroxyl groups is 1. The van der Waals surface area contributed by atoms with E-state index in [1.54, 1.807) is 7.11 Å². The first-order chi connectivity index (χ1) is 8.29. The molecule has 0 bridgehead atoms. The second-order valence-electron chi connectivity index (χ2n) is 5.02. The Morgan fingerprint density at radius 2 is 2.06 bits per heavy atom. The van der Waals surface area contributed by atoms with Crippen molar-refractivity contribution in [3.8, 4) is 5.75 Å². The van der Waals surface area contributed by atoms with Crippen LogP contribution in [0.4, 0.5) is 0 Å². The van der Waals surface area contributed by atoms with Crippen LogP contribution in [0, 0.1) is 0 Å². The van der Waals surface area contributed by atoms with E-state index in [4.69, 9.17) is 4.74 Å². The molecule has 1 fully saturated rings. The summed E-state index contributed by atoms with van der Waals surface area (Å²) in [6.07, 6.45) is 3.16. The van der Waals surface area contributed by atoms with Crippen LogP contribution >= 0.6 is 0 Å². The van der Waals surface area contributed by atoms with Crippen molar-refractivity contribution < 1.29 is 9.84 Å². The molecule has 3 nitrogen and oxygen atoms in total. The smallest absolute Gasteiger partial charge is 0.119 e. The van der Waals surface area contributed by atoms with Crippen LogP contribution in [0.1, 0.15) is 30.1 Å². The molecule has 1 heterocycles. The average molecular weight is 233 g/mol. The number of ether oxygens (including phenoxy) is 1. The first-order valence-corrected chi connectivity index (χ1v) is 6.38. The van der Waals surface area contributed by atoms with Crippen molar-refractivity contribution in [3.05, 3.63) is 29.3 Å². The maximum absolute atomic E-state index is 10.4. The molecule has 0 radical (unpaired) electrons. The van der Waals surface area contributed by atoms with Crippen LogP contribution in [0.5, 0.6) is 5.75 Å². The van der Waals surface area contributed by atoms with E-state index < -0.39 is 0 Å². The maximum Gasteiger partial charge on any atom is 0.119 e. The van der Waals surface area contributed by atoms with Gasteiger partial charge in [0.25, 0.3) is 0 Å². The topological polar surface area (TPSA) is 32.7 Å². The van der Waals surface area contributed by atoms with Gasteiger partial charge < -0.3 is 9.84 Å². The van der Waals surface area contributed by atoms with Gasteiger partial charge in [-0.2, -0.15) is 0 Å². The number of likely N-dealkylation sites (tertiary alicyclic amines) is 1. The van der Waals surface area contributed by atoms with Gasteiger partial charge in [-0.3, -0.25) is 4.90 Å². The zero-order valence-electron chi connectivity index (χ0n) is 10.2. The summed E-state index contributed by atoms with van der Waals surface area (Å²) in [5, 5.41) is 10.4. The lowest BCUT2D eigenvalue weighted by atomic mass is 10.1. The van der Waals surface area contributed by atoms with E-state index >= 15 is 0 Å². The summed E-state index contributed by atoms with van der Waals surface area (Å²) in [6.45, 7) is 2.26. The van der Waals surface area contributed by atoms with Crippen LogP contribution in [0.15, 0.2) is 18.2 Å². The van der Waals surface area contributed by atoms with Gasteiger partial charge in [0.1, 0.15) is 5.75 Å². The molecule has 17 heavy (non-hydrogen) atoms. The summed E-state index contributed by atoms with van der Waals surface area (Å²) in [4.78, 5) is 2.43. The lowest BCUT2D eigenvalue weighted by molar-refractivity contribution is 0.0749. The van der Waals surface area contributed by atoms with Crippen molar-refractivity contribution in [3.63, 3.8) is 0 Å². The second-order valence-corrected chi connectivity index (χ2v) is 5.02. The van der Waals surface area contributed by atoms with E-state index in [9.17, 15) is 5.11 Å². The molecule has 0 spiro atoms. The van der Waals surface area contributed by atoms with Crippen molar-refractivity contribution in [1.29, 1.82) is 0 Å². The average Bonchev–Trinajstić information content (AvgIpc) is 2.97. The Hall–Kier alpha value is -1.06. The minimum atomic E-state index is -0.349. The number of hydrogen-bond acceptors (Lipinski definition) is 3. The number of nitrogens with zero attached hydrogens (tertiary/aromatic N) is 1. The molecule has 2 unspecified atom stereocenters. The first kappa shape index (κ1) is 11.1. The van der Waals surface area contributed by atoms with E-state index in [1.807, 2.05) is 12.1 Å². The third-order valence-electron chi connectivity index (χ3n) is 4.07. The Labute approximate surface area is 102 Å². The normalized spacial score (nSPS) is 28.4. The van der Waals surface area contributed by atoms with Crippen molar-refractivity contribution in [2.45, 2.75) is 31.4 Å². The van der Waals surface area contributed by atoms with Crippen LogP contribution in [-0.2, 0) is 6.42 Å². The lowest BCUT2D eigenvalue weighted by Gasteiger charge is -2.26. The fraction of sp³-hybridized carbons (Fsp3) is 0.571.